The van der Waals surface area contributed by atoms with Crippen molar-refractivity contribution in [2.45, 2.75) is 43.5 Å². The van der Waals surface area contributed by atoms with Crippen LogP contribution in [0.15, 0.2) is 35.4 Å². The summed E-state index contributed by atoms with van der Waals surface area (Å²) in [5, 5.41) is 4.21. The molecule has 0 spiro atoms. The fourth-order valence-corrected chi connectivity index (χ4v) is 2.52. The lowest BCUT2D eigenvalue weighted by Gasteiger charge is -2.19. The Morgan fingerprint density at radius 2 is 1.95 bits per heavy atom. The fourth-order valence-electron chi connectivity index (χ4n) is 1.61. The third-order valence-corrected chi connectivity index (χ3v) is 3.95. The van der Waals surface area contributed by atoms with E-state index in [0.29, 0.717) is 0 Å². The maximum Gasteiger partial charge on any atom is 0.116 e. The number of halogens is 1. The van der Waals surface area contributed by atoms with Crippen LogP contribution < -0.4 is 5.32 Å². The first-order chi connectivity index (χ1) is 9.42. The molecule has 0 bridgehead atoms. The minimum Gasteiger partial charge on any atom is -0.344 e. The standard InChI is InChI=1S/C15H20ClN3S/c1-15(2,3)18-9-12-8-17-14(19-12)10-20-13-6-4-11(16)5-7-13/h4-8,18H,9-10H2,1-3H3,(H,17,19). The second-order valence-corrected chi connectivity index (χ2v) is 7.19. The van der Waals surface area contributed by atoms with Gasteiger partial charge < -0.3 is 10.3 Å². The van der Waals surface area contributed by atoms with Gasteiger partial charge >= 0.3 is 0 Å². The predicted octanol–water partition coefficient (Wildman–Crippen LogP) is 4.24. The van der Waals surface area contributed by atoms with Crippen molar-refractivity contribution in [3.8, 4) is 0 Å². The number of imidazole rings is 1. The number of nitrogens with one attached hydrogen (secondary N) is 2. The summed E-state index contributed by atoms with van der Waals surface area (Å²) < 4.78 is 0. The topological polar surface area (TPSA) is 40.7 Å². The van der Waals surface area contributed by atoms with Crippen molar-refractivity contribution in [2.24, 2.45) is 0 Å². The second kappa shape index (κ2) is 6.66. The molecule has 2 rings (SSSR count). The quantitative estimate of drug-likeness (QED) is 0.811. The van der Waals surface area contributed by atoms with Gasteiger partial charge in [0.15, 0.2) is 0 Å². The predicted molar refractivity (Wildman–Crippen MR) is 86.2 cm³/mol. The average molecular weight is 310 g/mol. The molecule has 108 valence electrons. The summed E-state index contributed by atoms with van der Waals surface area (Å²) in [5.74, 6) is 1.83. The van der Waals surface area contributed by atoms with Gasteiger partial charge in [0.1, 0.15) is 5.82 Å². The van der Waals surface area contributed by atoms with Crippen LogP contribution in [0.5, 0.6) is 0 Å². The van der Waals surface area contributed by atoms with E-state index in [-0.39, 0.29) is 5.54 Å². The van der Waals surface area contributed by atoms with Gasteiger partial charge in [-0.3, -0.25) is 0 Å². The van der Waals surface area contributed by atoms with Gasteiger partial charge in [0.2, 0.25) is 0 Å². The van der Waals surface area contributed by atoms with Crippen molar-refractivity contribution in [3.63, 3.8) is 0 Å². The highest BCUT2D eigenvalue weighted by molar-refractivity contribution is 7.98. The molecule has 0 aliphatic rings. The molecule has 20 heavy (non-hydrogen) atoms. The monoisotopic (exact) mass is 309 g/mol. The van der Waals surface area contributed by atoms with Crippen molar-refractivity contribution >= 4 is 23.4 Å². The summed E-state index contributed by atoms with van der Waals surface area (Å²) in [4.78, 5) is 8.95. The van der Waals surface area contributed by atoms with Crippen molar-refractivity contribution in [1.29, 1.82) is 0 Å². The molecule has 2 aromatic rings. The van der Waals surface area contributed by atoms with Gasteiger partial charge in [-0.1, -0.05) is 11.6 Å². The van der Waals surface area contributed by atoms with E-state index in [9.17, 15) is 0 Å². The highest BCUT2D eigenvalue weighted by Crippen LogP contribution is 2.23. The molecule has 3 nitrogen and oxygen atoms in total. The van der Waals surface area contributed by atoms with E-state index in [1.165, 1.54) is 4.90 Å². The van der Waals surface area contributed by atoms with E-state index < -0.39 is 0 Å². The molecule has 0 radical (unpaired) electrons. The SMILES string of the molecule is CC(C)(C)NCc1cnc(CSc2ccc(Cl)cc2)[nH]1. The summed E-state index contributed by atoms with van der Waals surface area (Å²) in [7, 11) is 0. The van der Waals surface area contributed by atoms with Crippen molar-refractivity contribution in [3.05, 3.63) is 47.0 Å². The Kier molecular flexibility index (Phi) is 5.13. The number of hydrogen-bond donors (Lipinski definition) is 2. The third-order valence-electron chi connectivity index (χ3n) is 2.68. The first-order valence-corrected chi connectivity index (χ1v) is 7.95. The molecule has 2 N–H and O–H groups in total. The molecule has 0 unspecified atom stereocenters. The first kappa shape index (κ1) is 15.4. The lowest BCUT2D eigenvalue weighted by molar-refractivity contribution is 0.421. The summed E-state index contributed by atoms with van der Waals surface area (Å²) in [5.41, 5.74) is 1.23. The largest absolute Gasteiger partial charge is 0.344 e. The van der Waals surface area contributed by atoms with Gasteiger partial charge in [-0.05, 0) is 45.0 Å². The van der Waals surface area contributed by atoms with Crippen LogP contribution in [-0.4, -0.2) is 15.5 Å². The van der Waals surface area contributed by atoms with Crippen LogP contribution >= 0.6 is 23.4 Å². The first-order valence-electron chi connectivity index (χ1n) is 6.58. The highest BCUT2D eigenvalue weighted by Gasteiger charge is 2.09. The molecule has 1 aromatic carbocycles. The Balaban J connectivity index is 1.85. The molecule has 0 saturated heterocycles. The maximum atomic E-state index is 5.87. The van der Waals surface area contributed by atoms with Gasteiger partial charge in [-0.2, -0.15) is 0 Å². The van der Waals surface area contributed by atoms with Crippen LogP contribution in [0.1, 0.15) is 32.3 Å². The maximum absolute atomic E-state index is 5.87. The Hall–Kier alpha value is -0.970. The van der Waals surface area contributed by atoms with E-state index in [0.717, 1.165) is 28.8 Å². The molecule has 1 heterocycles. The van der Waals surface area contributed by atoms with Crippen molar-refractivity contribution in [2.75, 3.05) is 0 Å². The number of H-pyrrole nitrogens is 1. The van der Waals surface area contributed by atoms with Gasteiger partial charge in [0, 0.05) is 33.9 Å². The molecule has 0 aliphatic carbocycles. The number of benzene rings is 1. The third kappa shape index (κ3) is 5.19. The fraction of sp³-hybridized carbons (Fsp3) is 0.400. The minimum atomic E-state index is 0.114. The van der Waals surface area contributed by atoms with Crippen molar-refractivity contribution < 1.29 is 0 Å². The number of rotatable bonds is 5. The number of hydrogen-bond acceptors (Lipinski definition) is 3. The van der Waals surface area contributed by atoms with Gasteiger partial charge in [0.25, 0.3) is 0 Å². The Bertz CT molecular complexity index is 543. The Morgan fingerprint density at radius 1 is 1.25 bits per heavy atom. The summed E-state index contributed by atoms with van der Waals surface area (Å²) in [6.07, 6.45) is 1.90. The molecule has 0 amide bonds. The molecule has 0 saturated carbocycles. The van der Waals surface area contributed by atoms with Crippen LogP contribution in [0, 0.1) is 0 Å². The van der Waals surface area contributed by atoms with E-state index in [1.807, 2.05) is 30.5 Å². The summed E-state index contributed by atoms with van der Waals surface area (Å²) in [6, 6.07) is 7.87. The zero-order valence-corrected chi connectivity index (χ0v) is 13.6. The average Bonchev–Trinajstić information content (AvgIpc) is 2.83. The summed E-state index contributed by atoms with van der Waals surface area (Å²) >= 11 is 7.62. The van der Waals surface area contributed by atoms with Gasteiger partial charge in [-0.15, -0.1) is 11.8 Å². The van der Waals surface area contributed by atoms with E-state index in [1.54, 1.807) is 11.8 Å². The second-order valence-electron chi connectivity index (χ2n) is 5.70. The highest BCUT2D eigenvalue weighted by atomic mass is 35.5. The molecule has 1 aromatic heterocycles. The van der Waals surface area contributed by atoms with Crippen LogP contribution in [0.25, 0.3) is 0 Å². The number of thioether (sulfide) groups is 1. The minimum absolute atomic E-state index is 0.114. The molecule has 5 heteroatoms. The van der Waals surface area contributed by atoms with Gasteiger partial charge in [0.05, 0.1) is 5.75 Å². The van der Waals surface area contributed by atoms with E-state index >= 15 is 0 Å². The zero-order chi connectivity index (χ0) is 14.6. The number of aromatic amines is 1. The van der Waals surface area contributed by atoms with Crippen LogP contribution in [0.4, 0.5) is 0 Å². The molecule has 0 aliphatic heterocycles. The van der Waals surface area contributed by atoms with Crippen LogP contribution in [0.3, 0.4) is 0 Å². The van der Waals surface area contributed by atoms with E-state index in [4.69, 9.17) is 11.6 Å². The molecule has 0 fully saturated rings. The van der Waals surface area contributed by atoms with Crippen LogP contribution in [-0.2, 0) is 12.3 Å². The number of nitrogens with zero attached hydrogens (tertiary/aromatic N) is 1. The molecule has 0 atom stereocenters. The Labute approximate surface area is 129 Å². The Morgan fingerprint density at radius 3 is 2.60 bits per heavy atom. The molecular weight excluding hydrogens is 290 g/mol. The van der Waals surface area contributed by atoms with Gasteiger partial charge in [-0.25, -0.2) is 4.98 Å². The number of aromatic nitrogens is 2. The molecular formula is C15H20ClN3S. The lowest BCUT2D eigenvalue weighted by atomic mass is 10.1. The van der Waals surface area contributed by atoms with E-state index in [2.05, 4.69) is 36.1 Å². The zero-order valence-electron chi connectivity index (χ0n) is 12.0. The van der Waals surface area contributed by atoms with Crippen molar-refractivity contribution in [1.82, 2.24) is 15.3 Å². The summed E-state index contributed by atoms with van der Waals surface area (Å²) in [6.45, 7) is 7.27. The van der Waals surface area contributed by atoms with Crippen LogP contribution in [0.2, 0.25) is 5.02 Å². The normalized spacial score (nSPS) is 11.8. The lowest BCUT2D eigenvalue weighted by Crippen LogP contribution is -2.35. The smallest absolute Gasteiger partial charge is 0.116 e.